The van der Waals surface area contributed by atoms with Crippen LogP contribution >= 0.6 is 0 Å². The van der Waals surface area contributed by atoms with Crippen LogP contribution in [0.2, 0.25) is 0 Å². The van der Waals surface area contributed by atoms with Gasteiger partial charge in [0.05, 0.1) is 5.69 Å². The number of benzene rings is 4. The lowest BCUT2D eigenvalue weighted by Gasteiger charge is -2.28. The summed E-state index contributed by atoms with van der Waals surface area (Å²) in [6.45, 7) is 2.35. The Morgan fingerprint density at radius 1 is 0.806 bits per heavy atom. The highest BCUT2D eigenvalue weighted by molar-refractivity contribution is 6.39. The van der Waals surface area contributed by atoms with E-state index in [9.17, 15) is 14.4 Å². The summed E-state index contributed by atoms with van der Waals surface area (Å²) in [6.07, 6.45) is 2.13. The van der Waals surface area contributed by atoms with E-state index in [2.05, 4.69) is 23.5 Å². The van der Waals surface area contributed by atoms with Gasteiger partial charge in [0.1, 0.15) is 17.9 Å². The van der Waals surface area contributed by atoms with E-state index < -0.39 is 17.8 Å². The van der Waals surface area contributed by atoms with E-state index in [0.717, 1.165) is 26.8 Å². The SMILES string of the molecule is CCc1ccccc1N1C(=O)NC(=O)/C(=C/c2ccc(OCc3cccc4ccccc34)cc2)C1=O. The summed E-state index contributed by atoms with van der Waals surface area (Å²) in [5.74, 6) is -0.703. The van der Waals surface area contributed by atoms with Gasteiger partial charge in [-0.1, -0.05) is 79.7 Å². The molecule has 6 heteroatoms. The van der Waals surface area contributed by atoms with Gasteiger partial charge in [0.2, 0.25) is 0 Å². The fourth-order valence-electron chi connectivity index (χ4n) is 4.31. The molecule has 0 unspecified atom stereocenters. The van der Waals surface area contributed by atoms with Crippen LogP contribution in [0.25, 0.3) is 16.8 Å². The topological polar surface area (TPSA) is 75.7 Å². The molecule has 5 rings (SSSR count). The molecule has 1 saturated heterocycles. The minimum absolute atomic E-state index is 0.107. The Hall–Kier alpha value is -4.71. The number of ether oxygens (including phenoxy) is 1. The maximum absolute atomic E-state index is 13.2. The van der Waals surface area contributed by atoms with Crippen LogP contribution in [0.3, 0.4) is 0 Å². The Bertz CT molecular complexity index is 1500. The third-order valence-electron chi connectivity index (χ3n) is 6.18. The number of hydrogen-bond donors (Lipinski definition) is 1. The quantitative estimate of drug-likeness (QED) is 0.288. The summed E-state index contributed by atoms with van der Waals surface area (Å²) in [4.78, 5) is 39.3. The van der Waals surface area contributed by atoms with Gasteiger partial charge >= 0.3 is 6.03 Å². The molecule has 6 nitrogen and oxygen atoms in total. The molecular formula is C30H24N2O4. The Morgan fingerprint density at radius 3 is 2.31 bits per heavy atom. The standard InChI is InChI=1S/C30H24N2O4/c1-2-21-8-4-6-13-27(21)32-29(34)26(28(33)31-30(32)35)18-20-14-16-24(17-15-20)36-19-23-11-7-10-22-9-3-5-12-25(22)23/h3-18H,2,19H2,1H3,(H,31,33,35)/b26-18-. The van der Waals surface area contributed by atoms with E-state index >= 15 is 0 Å². The lowest BCUT2D eigenvalue weighted by Crippen LogP contribution is -2.54. The average Bonchev–Trinajstić information content (AvgIpc) is 2.90. The van der Waals surface area contributed by atoms with Crippen molar-refractivity contribution in [2.24, 2.45) is 0 Å². The van der Waals surface area contributed by atoms with Gasteiger partial charge in [0.25, 0.3) is 11.8 Å². The van der Waals surface area contributed by atoms with Gasteiger partial charge in [-0.15, -0.1) is 0 Å². The van der Waals surface area contributed by atoms with Gasteiger partial charge < -0.3 is 4.74 Å². The summed E-state index contributed by atoms with van der Waals surface area (Å²) in [7, 11) is 0. The normalized spacial score (nSPS) is 14.9. The molecular weight excluding hydrogens is 452 g/mol. The summed E-state index contributed by atoms with van der Waals surface area (Å²) < 4.78 is 5.98. The van der Waals surface area contributed by atoms with Crippen molar-refractivity contribution in [3.8, 4) is 5.75 Å². The molecule has 36 heavy (non-hydrogen) atoms. The second kappa shape index (κ2) is 9.88. The first kappa shape index (κ1) is 23.1. The first-order chi connectivity index (χ1) is 17.5. The number of carbonyl (C=O) groups is 3. The van der Waals surface area contributed by atoms with E-state index in [4.69, 9.17) is 4.74 Å². The molecule has 1 aliphatic heterocycles. The van der Waals surface area contributed by atoms with E-state index in [0.29, 0.717) is 30.0 Å². The maximum Gasteiger partial charge on any atom is 0.335 e. The molecule has 0 atom stereocenters. The molecule has 1 heterocycles. The van der Waals surface area contributed by atoms with Crippen LogP contribution in [-0.4, -0.2) is 17.8 Å². The number of hydrogen-bond acceptors (Lipinski definition) is 4. The van der Waals surface area contributed by atoms with E-state index in [1.165, 1.54) is 6.08 Å². The molecule has 0 spiro atoms. The lowest BCUT2D eigenvalue weighted by atomic mass is 10.0. The number of aryl methyl sites for hydroxylation is 1. The predicted molar refractivity (Wildman–Crippen MR) is 140 cm³/mol. The van der Waals surface area contributed by atoms with Crippen LogP contribution in [-0.2, 0) is 22.6 Å². The Kier molecular flexibility index (Phi) is 6.33. The highest BCUT2D eigenvalue weighted by atomic mass is 16.5. The number of urea groups is 1. The zero-order chi connectivity index (χ0) is 25.1. The molecule has 0 aliphatic carbocycles. The summed E-state index contributed by atoms with van der Waals surface area (Å²) in [6, 6.07) is 27.8. The summed E-state index contributed by atoms with van der Waals surface area (Å²) in [5, 5.41) is 4.58. The monoisotopic (exact) mass is 476 g/mol. The van der Waals surface area contributed by atoms with Crippen LogP contribution in [0.15, 0.2) is 96.6 Å². The predicted octanol–water partition coefficient (Wildman–Crippen LogP) is 5.65. The molecule has 1 fully saturated rings. The van der Waals surface area contributed by atoms with Gasteiger partial charge in [-0.05, 0) is 58.2 Å². The zero-order valence-corrected chi connectivity index (χ0v) is 19.7. The molecule has 0 bridgehead atoms. The number of anilines is 1. The van der Waals surface area contributed by atoms with Crippen LogP contribution in [0, 0.1) is 0 Å². The van der Waals surface area contributed by atoms with Crippen LogP contribution < -0.4 is 15.0 Å². The minimum atomic E-state index is -0.750. The van der Waals surface area contributed by atoms with E-state index in [1.54, 1.807) is 36.4 Å². The third kappa shape index (κ3) is 4.49. The first-order valence-electron chi connectivity index (χ1n) is 11.7. The number of rotatable bonds is 6. The molecule has 1 aliphatic rings. The van der Waals surface area contributed by atoms with Crippen molar-refractivity contribution >= 4 is 40.4 Å². The highest BCUT2D eigenvalue weighted by Gasteiger charge is 2.37. The van der Waals surface area contributed by atoms with Crippen LogP contribution in [0.1, 0.15) is 23.6 Å². The van der Waals surface area contributed by atoms with Crippen LogP contribution in [0.4, 0.5) is 10.5 Å². The average molecular weight is 477 g/mol. The second-order valence-corrected chi connectivity index (χ2v) is 8.44. The molecule has 4 aromatic carbocycles. The van der Waals surface area contributed by atoms with Crippen molar-refractivity contribution in [2.75, 3.05) is 4.90 Å². The van der Waals surface area contributed by atoms with Crippen molar-refractivity contribution < 1.29 is 19.1 Å². The number of imide groups is 2. The summed E-state index contributed by atoms with van der Waals surface area (Å²) in [5.41, 5.74) is 2.93. The Morgan fingerprint density at radius 2 is 1.50 bits per heavy atom. The number of barbiturate groups is 1. The van der Waals surface area contributed by atoms with Gasteiger partial charge in [-0.2, -0.15) is 0 Å². The molecule has 178 valence electrons. The molecule has 0 aromatic heterocycles. The lowest BCUT2D eigenvalue weighted by molar-refractivity contribution is -0.122. The molecule has 0 radical (unpaired) electrons. The van der Waals surface area contributed by atoms with Gasteiger partial charge in [-0.25, -0.2) is 9.69 Å². The largest absolute Gasteiger partial charge is 0.489 e. The zero-order valence-electron chi connectivity index (χ0n) is 19.7. The smallest absolute Gasteiger partial charge is 0.335 e. The van der Waals surface area contributed by atoms with E-state index in [-0.39, 0.29) is 5.57 Å². The van der Waals surface area contributed by atoms with Crippen molar-refractivity contribution in [1.82, 2.24) is 5.32 Å². The fraction of sp³-hybridized carbons (Fsp3) is 0.100. The Labute approximate surface area is 208 Å². The van der Waals surface area contributed by atoms with Crippen molar-refractivity contribution in [3.63, 3.8) is 0 Å². The fourth-order valence-corrected chi connectivity index (χ4v) is 4.31. The third-order valence-corrected chi connectivity index (χ3v) is 6.18. The van der Waals surface area contributed by atoms with Crippen molar-refractivity contribution in [2.45, 2.75) is 20.0 Å². The van der Waals surface area contributed by atoms with E-state index in [1.807, 2.05) is 43.3 Å². The van der Waals surface area contributed by atoms with Gasteiger partial charge in [0.15, 0.2) is 0 Å². The summed E-state index contributed by atoms with van der Waals surface area (Å²) >= 11 is 0. The van der Waals surface area contributed by atoms with Crippen molar-refractivity contribution in [3.05, 3.63) is 113 Å². The number of amides is 4. The van der Waals surface area contributed by atoms with Gasteiger partial charge in [0, 0.05) is 0 Å². The number of nitrogens with one attached hydrogen (secondary N) is 1. The number of fused-ring (bicyclic) bond motifs is 1. The highest BCUT2D eigenvalue weighted by Crippen LogP contribution is 2.26. The number of nitrogens with zero attached hydrogens (tertiary/aromatic N) is 1. The first-order valence-corrected chi connectivity index (χ1v) is 11.7. The second-order valence-electron chi connectivity index (χ2n) is 8.44. The molecule has 4 amide bonds. The molecule has 1 N–H and O–H groups in total. The maximum atomic E-state index is 13.2. The molecule has 4 aromatic rings. The number of para-hydroxylation sites is 1. The van der Waals surface area contributed by atoms with Crippen LogP contribution in [0.5, 0.6) is 5.75 Å². The molecule has 0 saturated carbocycles. The minimum Gasteiger partial charge on any atom is -0.489 e. The van der Waals surface area contributed by atoms with Gasteiger partial charge in [-0.3, -0.25) is 14.9 Å². The van der Waals surface area contributed by atoms with Crippen molar-refractivity contribution in [1.29, 1.82) is 0 Å². The Balaban J connectivity index is 1.35. The number of carbonyl (C=O) groups excluding carboxylic acids is 3.